The molecule has 1 fully saturated rings. The van der Waals surface area contributed by atoms with E-state index in [1.807, 2.05) is 0 Å². The minimum absolute atomic E-state index is 0.00226. The zero-order chi connectivity index (χ0) is 15.6. The second-order valence-electron chi connectivity index (χ2n) is 4.57. The van der Waals surface area contributed by atoms with Crippen molar-refractivity contribution in [3.8, 4) is 0 Å². The van der Waals surface area contributed by atoms with E-state index in [1.54, 1.807) is 0 Å². The van der Waals surface area contributed by atoms with E-state index in [0.29, 0.717) is 0 Å². The highest BCUT2D eigenvalue weighted by Gasteiger charge is 2.44. The number of aliphatic carboxylic acids is 1. The van der Waals surface area contributed by atoms with Crippen LogP contribution in [0.15, 0.2) is 18.2 Å². The van der Waals surface area contributed by atoms with Crippen molar-refractivity contribution in [1.29, 1.82) is 0 Å². The number of nitrogens with zero attached hydrogens (tertiary/aromatic N) is 1. The van der Waals surface area contributed by atoms with Gasteiger partial charge in [0.15, 0.2) is 5.54 Å². The Balaban J connectivity index is 2.30. The molecule has 1 saturated heterocycles. The number of carbonyl (C=O) groups is 2. The maximum atomic E-state index is 12.2. The third-order valence-corrected chi connectivity index (χ3v) is 3.52. The van der Waals surface area contributed by atoms with E-state index < -0.39 is 22.3 Å². The lowest BCUT2D eigenvalue weighted by Crippen LogP contribution is -2.55. The molecule has 2 rings (SSSR count). The Bertz CT molecular complexity index is 612. The zero-order valence-electron chi connectivity index (χ0n) is 10.7. The van der Waals surface area contributed by atoms with Gasteiger partial charge in [0.1, 0.15) is 0 Å². The van der Waals surface area contributed by atoms with Gasteiger partial charge in [-0.2, -0.15) is 0 Å². The van der Waals surface area contributed by atoms with Gasteiger partial charge in [-0.05, 0) is 6.07 Å². The Morgan fingerprint density at radius 1 is 1.48 bits per heavy atom. The van der Waals surface area contributed by atoms with Crippen LogP contribution in [0.1, 0.15) is 16.8 Å². The Morgan fingerprint density at radius 2 is 2.19 bits per heavy atom. The fourth-order valence-electron chi connectivity index (χ4n) is 1.97. The van der Waals surface area contributed by atoms with Crippen molar-refractivity contribution in [2.24, 2.45) is 0 Å². The van der Waals surface area contributed by atoms with Gasteiger partial charge in [-0.3, -0.25) is 14.9 Å². The number of rotatable bonds is 4. The first kappa shape index (κ1) is 15.2. The van der Waals surface area contributed by atoms with Gasteiger partial charge in [-0.25, -0.2) is 4.79 Å². The molecule has 1 atom stereocenters. The molecule has 1 aliphatic heterocycles. The van der Waals surface area contributed by atoms with E-state index in [0.717, 1.165) is 12.1 Å². The molecule has 0 spiro atoms. The normalized spacial score (nSPS) is 21.0. The minimum atomic E-state index is -1.54. The van der Waals surface area contributed by atoms with Gasteiger partial charge < -0.3 is 15.2 Å². The maximum Gasteiger partial charge on any atom is 0.331 e. The second-order valence-corrected chi connectivity index (χ2v) is 4.97. The Kier molecular flexibility index (Phi) is 4.10. The second kappa shape index (κ2) is 5.66. The van der Waals surface area contributed by atoms with E-state index in [9.17, 15) is 24.8 Å². The molecule has 112 valence electrons. The molecule has 1 aromatic carbocycles. The average molecular weight is 315 g/mol. The molecule has 1 amide bonds. The largest absolute Gasteiger partial charge is 0.479 e. The first-order valence-electron chi connectivity index (χ1n) is 5.93. The lowest BCUT2D eigenvalue weighted by Gasteiger charge is -2.23. The minimum Gasteiger partial charge on any atom is -0.479 e. The average Bonchev–Trinajstić information content (AvgIpc) is 2.88. The summed E-state index contributed by atoms with van der Waals surface area (Å²) in [5.74, 6) is -2.02. The van der Waals surface area contributed by atoms with Crippen molar-refractivity contribution in [2.75, 3.05) is 13.2 Å². The smallest absolute Gasteiger partial charge is 0.331 e. The first-order valence-corrected chi connectivity index (χ1v) is 6.31. The zero-order valence-corrected chi connectivity index (χ0v) is 11.4. The summed E-state index contributed by atoms with van der Waals surface area (Å²) in [7, 11) is 0. The summed E-state index contributed by atoms with van der Waals surface area (Å²) in [5, 5.41) is 22.3. The number of carbonyl (C=O) groups excluding carboxylic acids is 1. The fraction of sp³-hybridized carbons (Fsp3) is 0.333. The lowest BCUT2D eigenvalue weighted by atomic mass is 9.98. The summed E-state index contributed by atoms with van der Waals surface area (Å²) in [5.41, 5.74) is -2.00. The van der Waals surface area contributed by atoms with Gasteiger partial charge in [0, 0.05) is 25.2 Å². The molecule has 1 aromatic rings. The van der Waals surface area contributed by atoms with Crippen LogP contribution in [0.2, 0.25) is 5.02 Å². The fourth-order valence-corrected chi connectivity index (χ4v) is 2.17. The molecule has 0 aromatic heterocycles. The van der Waals surface area contributed by atoms with Crippen LogP contribution in [0.4, 0.5) is 5.69 Å². The van der Waals surface area contributed by atoms with E-state index in [-0.39, 0.29) is 35.9 Å². The number of carboxylic acid groups (broad SMARTS) is 1. The number of nitro benzene ring substituents is 1. The number of amides is 1. The monoisotopic (exact) mass is 314 g/mol. The molecule has 1 unspecified atom stereocenters. The SMILES string of the molecule is O=C(NC1(C(=O)O)CCOC1)c1cc([N+](=O)[O-])ccc1Cl. The van der Waals surface area contributed by atoms with Gasteiger partial charge in [0.2, 0.25) is 0 Å². The molecule has 0 bridgehead atoms. The summed E-state index contributed by atoms with van der Waals surface area (Å²) in [4.78, 5) is 33.5. The predicted molar refractivity (Wildman–Crippen MR) is 71.4 cm³/mol. The molecule has 2 N–H and O–H groups in total. The van der Waals surface area contributed by atoms with Gasteiger partial charge in [0.05, 0.1) is 22.1 Å². The van der Waals surface area contributed by atoms with Crippen LogP contribution >= 0.6 is 11.6 Å². The number of hydrogen-bond acceptors (Lipinski definition) is 5. The highest BCUT2D eigenvalue weighted by Crippen LogP contribution is 2.24. The molecule has 1 aliphatic rings. The standard InChI is InChI=1S/C12H11ClN2O6/c13-9-2-1-7(15(19)20)5-8(9)10(16)14-12(11(17)18)3-4-21-6-12/h1-2,5H,3-4,6H2,(H,14,16)(H,17,18). The van der Waals surface area contributed by atoms with Crippen molar-refractivity contribution >= 4 is 29.2 Å². The van der Waals surface area contributed by atoms with Crippen LogP contribution in [0.5, 0.6) is 0 Å². The Morgan fingerprint density at radius 3 is 2.71 bits per heavy atom. The van der Waals surface area contributed by atoms with Gasteiger partial charge in [-0.15, -0.1) is 0 Å². The van der Waals surface area contributed by atoms with Crippen molar-refractivity contribution in [3.05, 3.63) is 38.9 Å². The highest BCUT2D eigenvalue weighted by atomic mass is 35.5. The summed E-state index contributed by atoms with van der Waals surface area (Å²) >= 11 is 5.84. The summed E-state index contributed by atoms with van der Waals surface area (Å²) < 4.78 is 5.01. The highest BCUT2D eigenvalue weighted by molar-refractivity contribution is 6.34. The van der Waals surface area contributed by atoms with Crippen molar-refractivity contribution in [3.63, 3.8) is 0 Å². The topological polar surface area (TPSA) is 119 Å². The number of benzene rings is 1. The van der Waals surface area contributed by atoms with Gasteiger partial charge in [-0.1, -0.05) is 11.6 Å². The van der Waals surface area contributed by atoms with E-state index in [4.69, 9.17) is 16.3 Å². The molecule has 0 radical (unpaired) electrons. The molecule has 0 saturated carbocycles. The third-order valence-electron chi connectivity index (χ3n) is 3.19. The first-order chi connectivity index (χ1) is 9.85. The number of ether oxygens (including phenoxy) is 1. The molecule has 21 heavy (non-hydrogen) atoms. The van der Waals surface area contributed by atoms with Gasteiger partial charge in [0.25, 0.3) is 11.6 Å². The molecule has 1 heterocycles. The van der Waals surface area contributed by atoms with Crippen LogP contribution < -0.4 is 5.32 Å². The summed E-state index contributed by atoms with van der Waals surface area (Å²) in [6.07, 6.45) is 0.112. The number of nitrogens with one attached hydrogen (secondary N) is 1. The number of nitro groups is 1. The van der Waals surface area contributed by atoms with Crippen LogP contribution in [-0.4, -0.2) is 40.7 Å². The van der Waals surface area contributed by atoms with E-state index in [1.165, 1.54) is 6.07 Å². The Labute approximate surface area is 123 Å². The van der Waals surface area contributed by atoms with E-state index >= 15 is 0 Å². The third kappa shape index (κ3) is 2.96. The maximum absolute atomic E-state index is 12.2. The molecule has 0 aliphatic carbocycles. The van der Waals surface area contributed by atoms with Crippen LogP contribution in [-0.2, 0) is 9.53 Å². The number of hydrogen-bond donors (Lipinski definition) is 2. The van der Waals surface area contributed by atoms with Crippen LogP contribution in [0, 0.1) is 10.1 Å². The lowest BCUT2D eigenvalue weighted by molar-refractivity contribution is -0.384. The number of carboxylic acids is 1. The summed E-state index contributed by atoms with van der Waals surface area (Å²) in [6, 6.07) is 3.38. The van der Waals surface area contributed by atoms with Crippen LogP contribution in [0.25, 0.3) is 0 Å². The molecular weight excluding hydrogens is 304 g/mol. The summed E-state index contributed by atoms with van der Waals surface area (Å²) in [6.45, 7) is 0.0376. The number of non-ortho nitro benzene ring substituents is 1. The predicted octanol–water partition coefficient (Wildman–Crippen LogP) is 1.22. The number of halogens is 1. The van der Waals surface area contributed by atoms with Crippen molar-refractivity contribution in [2.45, 2.75) is 12.0 Å². The molecule has 9 heteroatoms. The Hall–Kier alpha value is -2.19. The van der Waals surface area contributed by atoms with Gasteiger partial charge >= 0.3 is 5.97 Å². The van der Waals surface area contributed by atoms with Crippen molar-refractivity contribution in [1.82, 2.24) is 5.32 Å². The van der Waals surface area contributed by atoms with Crippen LogP contribution in [0.3, 0.4) is 0 Å². The van der Waals surface area contributed by atoms with Crippen molar-refractivity contribution < 1.29 is 24.4 Å². The molecular formula is C12H11ClN2O6. The molecule has 8 nitrogen and oxygen atoms in total. The van der Waals surface area contributed by atoms with E-state index in [2.05, 4.69) is 5.32 Å². The quantitative estimate of drug-likeness (QED) is 0.637.